The quantitative estimate of drug-likeness (QED) is 0.579. The molecular formula is C25H30F3N3O4. The van der Waals surface area contributed by atoms with Crippen LogP contribution in [0.25, 0.3) is 0 Å². The standard InChI is InChI=1S/C25H30F3N3O4/c1-18(29)20-7-9-21(10-8-20)24(11-15-34-16-12-24)31(22(32)25(26,27)28)14-13-30-23(33)35-17-19-5-3-2-4-6-19/h2-10,18H,11-17,29H2,1H3,(H,30,33)/t18-/m0/s1. The van der Waals surface area contributed by atoms with Crippen LogP contribution < -0.4 is 11.1 Å². The van der Waals surface area contributed by atoms with Gasteiger partial charge in [0.1, 0.15) is 6.61 Å². The van der Waals surface area contributed by atoms with Crippen LogP contribution in [0.3, 0.4) is 0 Å². The van der Waals surface area contributed by atoms with E-state index in [1.807, 2.05) is 6.07 Å². The Morgan fingerprint density at radius 3 is 2.31 bits per heavy atom. The van der Waals surface area contributed by atoms with E-state index in [9.17, 15) is 22.8 Å². The van der Waals surface area contributed by atoms with Crippen molar-refractivity contribution < 1.29 is 32.2 Å². The van der Waals surface area contributed by atoms with Gasteiger partial charge in [-0.1, -0.05) is 54.6 Å². The number of benzene rings is 2. The molecule has 2 aromatic carbocycles. The van der Waals surface area contributed by atoms with Crippen molar-refractivity contribution in [3.63, 3.8) is 0 Å². The Bertz CT molecular complexity index is 976. The van der Waals surface area contributed by atoms with Crippen molar-refractivity contribution in [2.45, 2.75) is 44.1 Å². The van der Waals surface area contributed by atoms with E-state index < -0.39 is 23.7 Å². The molecule has 2 amide bonds. The average molecular weight is 494 g/mol. The van der Waals surface area contributed by atoms with Gasteiger partial charge in [0.25, 0.3) is 0 Å². The fourth-order valence-corrected chi connectivity index (χ4v) is 4.23. The summed E-state index contributed by atoms with van der Waals surface area (Å²) in [4.78, 5) is 25.5. The van der Waals surface area contributed by atoms with Crippen LogP contribution in [0.2, 0.25) is 0 Å². The van der Waals surface area contributed by atoms with Crippen molar-refractivity contribution >= 4 is 12.0 Å². The first-order chi connectivity index (χ1) is 16.6. The van der Waals surface area contributed by atoms with Crippen LogP contribution in [-0.4, -0.2) is 49.4 Å². The number of alkyl carbamates (subject to hydrolysis) is 1. The second-order valence-electron chi connectivity index (χ2n) is 8.50. The number of alkyl halides is 3. The minimum Gasteiger partial charge on any atom is -0.445 e. The van der Waals surface area contributed by atoms with Crippen LogP contribution in [0.15, 0.2) is 54.6 Å². The van der Waals surface area contributed by atoms with Crippen molar-refractivity contribution in [1.82, 2.24) is 10.2 Å². The number of amides is 2. The van der Waals surface area contributed by atoms with E-state index in [0.29, 0.717) is 5.56 Å². The zero-order chi connectivity index (χ0) is 25.5. The molecule has 0 unspecified atom stereocenters. The van der Waals surface area contributed by atoms with Gasteiger partial charge in [0.15, 0.2) is 0 Å². The number of halogens is 3. The first kappa shape index (κ1) is 26.5. The molecule has 1 aliphatic heterocycles. The Balaban J connectivity index is 1.78. The molecular weight excluding hydrogens is 463 g/mol. The molecule has 1 fully saturated rings. The second-order valence-corrected chi connectivity index (χ2v) is 8.50. The summed E-state index contributed by atoms with van der Waals surface area (Å²) < 4.78 is 51.5. The predicted molar refractivity (Wildman–Crippen MR) is 123 cm³/mol. The number of nitrogens with zero attached hydrogens (tertiary/aromatic N) is 1. The van der Waals surface area contributed by atoms with Crippen LogP contribution in [0.1, 0.15) is 42.5 Å². The molecule has 3 rings (SSSR count). The maximum atomic E-state index is 13.7. The number of hydrogen-bond acceptors (Lipinski definition) is 5. The Hall–Kier alpha value is -3.11. The Labute approximate surface area is 202 Å². The molecule has 1 aliphatic rings. The minimum atomic E-state index is -5.08. The summed E-state index contributed by atoms with van der Waals surface area (Å²) >= 11 is 0. The summed E-state index contributed by atoms with van der Waals surface area (Å²) in [6.07, 6.45) is -5.49. The third-order valence-corrected chi connectivity index (χ3v) is 6.12. The van der Waals surface area contributed by atoms with Crippen molar-refractivity contribution in [1.29, 1.82) is 0 Å². The fraction of sp³-hybridized carbons (Fsp3) is 0.440. The van der Waals surface area contributed by atoms with Gasteiger partial charge in [-0.3, -0.25) is 4.79 Å². The van der Waals surface area contributed by atoms with E-state index >= 15 is 0 Å². The molecule has 0 aliphatic carbocycles. The highest BCUT2D eigenvalue weighted by Crippen LogP contribution is 2.40. The van der Waals surface area contributed by atoms with E-state index in [-0.39, 0.29) is 51.8 Å². The van der Waals surface area contributed by atoms with E-state index in [4.69, 9.17) is 15.2 Å². The SMILES string of the molecule is C[C@H](N)c1ccc(C2(N(CCNC(=O)OCc3ccccc3)C(=O)C(F)(F)F)CCOCC2)cc1. The number of carbonyl (C=O) groups is 2. The number of nitrogens with two attached hydrogens (primary N) is 1. The summed E-state index contributed by atoms with van der Waals surface area (Å²) in [5, 5.41) is 2.45. The number of ether oxygens (including phenoxy) is 2. The van der Waals surface area contributed by atoms with Crippen molar-refractivity contribution in [2.24, 2.45) is 5.73 Å². The molecule has 0 spiro atoms. The molecule has 35 heavy (non-hydrogen) atoms. The highest BCUT2D eigenvalue weighted by atomic mass is 19.4. The number of nitrogens with one attached hydrogen (secondary N) is 1. The maximum absolute atomic E-state index is 13.7. The lowest BCUT2D eigenvalue weighted by Crippen LogP contribution is -2.57. The lowest BCUT2D eigenvalue weighted by molar-refractivity contribution is -0.195. The molecule has 0 radical (unpaired) electrons. The molecule has 7 nitrogen and oxygen atoms in total. The topological polar surface area (TPSA) is 93.9 Å². The smallest absolute Gasteiger partial charge is 0.445 e. The van der Waals surface area contributed by atoms with E-state index in [2.05, 4.69) is 5.32 Å². The van der Waals surface area contributed by atoms with Gasteiger partial charge in [-0.15, -0.1) is 0 Å². The van der Waals surface area contributed by atoms with Crippen LogP contribution in [0.5, 0.6) is 0 Å². The lowest BCUT2D eigenvalue weighted by Gasteiger charge is -2.47. The fourth-order valence-electron chi connectivity index (χ4n) is 4.23. The van der Waals surface area contributed by atoms with Gasteiger partial charge in [0.05, 0.1) is 5.54 Å². The van der Waals surface area contributed by atoms with Gasteiger partial charge in [-0.2, -0.15) is 13.2 Å². The van der Waals surface area contributed by atoms with Crippen LogP contribution >= 0.6 is 0 Å². The van der Waals surface area contributed by atoms with Gasteiger partial charge >= 0.3 is 18.2 Å². The van der Waals surface area contributed by atoms with Crippen LogP contribution in [-0.2, 0) is 26.4 Å². The molecule has 1 saturated heterocycles. The molecule has 10 heteroatoms. The van der Waals surface area contributed by atoms with E-state index in [1.54, 1.807) is 55.5 Å². The summed E-state index contributed by atoms with van der Waals surface area (Å²) in [6, 6.07) is 15.7. The van der Waals surface area contributed by atoms with Crippen LogP contribution in [0, 0.1) is 0 Å². The zero-order valence-electron chi connectivity index (χ0n) is 19.5. The second kappa shape index (κ2) is 11.5. The molecule has 1 heterocycles. The van der Waals surface area contributed by atoms with Crippen molar-refractivity contribution in [2.75, 3.05) is 26.3 Å². The van der Waals surface area contributed by atoms with Crippen LogP contribution in [0.4, 0.5) is 18.0 Å². The molecule has 0 bridgehead atoms. The Morgan fingerprint density at radius 2 is 1.74 bits per heavy atom. The minimum absolute atomic E-state index is 0.0189. The van der Waals surface area contributed by atoms with Gasteiger partial charge < -0.3 is 25.4 Å². The molecule has 2 aromatic rings. The highest BCUT2D eigenvalue weighted by molar-refractivity contribution is 5.83. The molecule has 0 saturated carbocycles. The normalized spacial score (nSPS) is 16.3. The summed E-state index contributed by atoms with van der Waals surface area (Å²) in [7, 11) is 0. The first-order valence-electron chi connectivity index (χ1n) is 11.4. The third kappa shape index (κ3) is 6.73. The van der Waals surface area contributed by atoms with Gasteiger partial charge in [0, 0.05) is 32.3 Å². The zero-order valence-corrected chi connectivity index (χ0v) is 19.5. The highest BCUT2D eigenvalue weighted by Gasteiger charge is 2.51. The van der Waals surface area contributed by atoms with Crippen molar-refractivity contribution in [3.05, 3.63) is 71.3 Å². The molecule has 190 valence electrons. The molecule has 3 N–H and O–H groups in total. The average Bonchev–Trinajstić information content (AvgIpc) is 2.85. The van der Waals surface area contributed by atoms with E-state index in [1.165, 1.54) is 0 Å². The maximum Gasteiger partial charge on any atom is 0.471 e. The number of carbonyl (C=O) groups excluding carboxylic acids is 2. The third-order valence-electron chi connectivity index (χ3n) is 6.12. The van der Waals surface area contributed by atoms with Gasteiger partial charge in [0.2, 0.25) is 0 Å². The number of rotatable bonds is 8. The van der Waals surface area contributed by atoms with Crippen molar-refractivity contribution in [3.8, 4) is 0 Å². The van der Waals surface area contributed by atoms with E-state index in [0.717, 1.165) is 16.0 Å². The summed E-state index contributed by atoms with van der Waals surface area (Å²) in [5.74, 6) is -1.96. The lowest BCUT2D eigenvalue weighted by atomic mass is 9.80. The largest absolute Gasteiger partial charge is 0.471 e. The summed E-state index contributed by atoms with van der Waals surface area (Å²) in [6.45, 7) is 1.66. The summed E-state index contributed by atoms with van der Waals surface area (Å²) in [5.41, 5.74) is 6.83. The Morgan fingerprint density at radius 1 is 1.11 bits per heavy atom. The predicted octanol–water partition coefficient (Wildman–Crippen LogP) is 4.03. The molecule has 1 atom stereocenters. The Kier molecular flexibility index (Phi) is 8.74. The van der Waals surface area contributed by atoms with Gasteiger partial charge in [-0.05, 0) is 36.5 Å². The first-order valence-corrected chi connectivity index (χ1v) is 11.4. The molecule has 0 aromatic heterocycles. The number of hydrogen-bond donors (Lipinski definition) is 2. The van der Waals surface area contributed by atoms with Gasteiger partial charge in [-0.25, -0.2) is 4.79 Å². The monoisotopic (exact) mass is 493 g/mol.